The van der Waals surface area contributed by atoms with E-state index in [1.54, 1.807) is 13.3 Å². The fraction of sp³-hybridized carbons (Fsp3) is 0.370. The summed E-state index contributed by atoms with van der Waals surface area (Å²) >= 11 is 0. The van der Waals surface area contributed by atoms with E-state index in [4.69, 9.17) is 18.9 Å². The van der Waals surface area contributed by atoms with Crippen LogP contribution in [0.25, 0.3) is 0 Å². The highest BCUT2D eigenvalue weighted by Gasteiger charge is 2.21. The largest absolute Gasteiger partial charge is 0.493 e. The van der Waals surface area contributed by atoms with Gasteiger partial charge in [0.05, 0.1) is 26.9 Å². The van der Waals surface area contributed by atoms with Crippen molar-refractivity contribution in [3.63, 3.8) is 0 Å². The third-order valence-corrected chi connectivity index (χ3v) is 6.21. The van der Waals surface area contributed by atoms with E-state index in [0.29, 0.717) is 18.0 Å². The number of pyridine rings is 1. The summed E-state index contributed by atoms with van der Waals surface area (Å²) in [6.45, 7) is 4.79. The molecule has 3 heterocycles. The lowest BCUT2D eigenvalue weighted by Crippen LogP contribution is -2.36. The van der Waals surface area contributed by atoms with Crippen molar-refractivity contribution in [2.45, 2.75) is 25.7 Å². The third-order valence-electron chi connectivity index (χ3n) is 6.21. The zero-order valence-electron chi connectivity index (χ0n) is 19.6. The topological polar surface area (TPSA) is 56.3 Å². The Morgan fingerprint density at radius 1 is 1.00 bits per heavy atom. The standard InChI is InChI=1S/C27H31N3O4/c1-31-25-11-10-24(18-26(25)34-27-5-3-15-33-27)30(20-21-4-2-12-28-19-21)23-8-6-22(7-9-23)29-13-16-32-17-14-29/h2,4,6-12,18-19,27H,3,5,13-17,20H2,1H3. The van der Waals surface area contributed by atoms with Crippen molar-refractivity contribution in [1.29, 1.82) is 0 Å². The second-order valence-electron chi connectivity index (χ2n) is 8.46. The van der Waals surface area contributed by atoms with Crippen LogP contribution in [0.5, 0.6) is 11.5 Å². The average molecular weight is 462 g/mol. The molecule has 0 N–H and O–H groups in total. The maximum atomic E-state index is 6.17. The summed E-state index contributed by atoms with van der Waals surface area (Å²) in [4.78, 5) is 8.93. The van der Waals surface area contributed by atoms with Gasteiger partial charge in [0, 0.05) is 61.6 Å². The van der Waals surface area contributed by atoms with Crippen molar-refractivity contribution in [1.82, 2.24) is 4.98 Å². The van der Waals surface area contributed by atoms with Crippen LogP contribution in [0.3, 0.4) is 0 Å². The summed E-state index contributed by atoms with van der Waals surface area (Å²) in [5.74, 6) is 1.39. The smallest absolute Gasteiger partial charge is 0.200 e. The molecule has 34 heavy (non-hydrogen) atoms. The van der Waals surface area contributed by atoms with E-state index in [1.807, 2.05) is 24.4 Å². The van der Waals surface area contributed by atoms with Gasteiger partial charge in [-0.2, -0.15) is 0 Å². The van der Waals surface area contributed by atoms with Crippen molar-refractivity contribution >= 4 is 17.1 Å². The van der Waals surface area contributed by atoms with Crippen LogP contribution in [-0.2, 0) is 16.0 Å². The predicted octanol–water partition coefficient (Wildman–Crippen LogP) is 4.78. The summed E-state index contributed by atoms with van der Waals surface area (Å²) in [5, 5.41) is 0. The number of morpholine rings is 1. The van der Waals surface area contributed by atoms with Crippen LogP contribution in [0.4, 0.5) is 17.1 Å². The highest BCUT2D eigenvalue weighted by molar-refractivity contribution is 5.68. The molecule has 5 rings (SSSR count). The third kappa shape index (κ3) is 5.26. The molecule has 0 amide bonds. The molecule has 2 saturated heterocycles. The van der Waals surface area contributed by atoms with E-state index in [9.17, 15) is 0 Å². The Balaban J connectivity index is 1.46. The maximum Gasteiger partial charge on any atom is 0.200 e. The lowest BCUT2D eigenvalue weighted by Gasteiger charge is -2.30. The van der Waals surface area contributed by atoms with Gasteiger partial charge < -0.3 is 28.7 Å². The number of benzene rings is 2. The first kappa shape index (κ1) is 22.5. The molecule has 2 aliphatic rings. The molecule has 1 atom stereocenters. The molecule has 2 fully saturated rings. The average Bonchev–Trinajstić information content (AvgIpc) is 3.42. The van der Waals surface area contributed by atoms with E-state index in [0.717, 1.165) is 62.7 Å². The van der Waals surface area contributed by atoms with Crippen molar-refractivity contribution < 1.29 is 18.9 Å². The summed E-state index contributed by atoms with van der Waals surface area (Å²) in [5.41, 5.74) is 4.44. The number of ether oxygens (including phenoxy) is 4. The molecule has 7 heteroatoms. The molecule has 1 unspecified atom stereocenters. The Kier molecular flexibility index (Phi) is 7.12. The molecule has 1 aromatic heterocycles. The van der Waals surface area contributed by atoms with E-state index < -0.39 is 0 Å². The van der Waals surface area contributed by atoms with Gasteiger partial charge in [0.2, 0.25) is 0 Å². The summed E-state index contributed by atoms with van der Waals surface area (Å²) < 4.78 is 22.9. The van der Waals surface area contributed by atoms with Crippen molar-refractivity contribution in [2.75, 3.05) is 49.8 Å². The SMILES string of the molecule is COc1ccc(N(Cc2cccnc2)c2ccc(N3CCOCC3)cc2)cc1OC1CCCO1. The Morgan fingerprint density at radius 3 is 2.53 bits per heavy atom. The molecule has 178 valence electrons. The first-order chi connectivity index (χ1) is 16.8. The van der Waals surface area contributed by atoms with E-state index in [2.05, 4.69) is 51.2 Å². The molecule has 0 spiro atoms. The van der Waals surface area contributed by atoms with E-state index >= 15 is 0 Å². The number of rotatable bonds is 8. The Hall–Kier alpha value is -3.29. The quantitative estimate of drug-likeness (QED) is 0.478. The van der Waals surface area contributed by atoms with Gasteiger partial charge in [0.15, 0.2) is 17.8 Å². The maximum absolute atomic E-state index is 6.17. The lowest BCUT2D eigenvalue weighted by atomic mass is 10.1. The van der Waals surface area contributed by atoms with Crippen LogP contribution < -0.4 is 19.3 Å². The molecule has 0 saturated carbocycles. The lowest BCUT2D eigenvalue weighted by molar-refractivity contribution is -0.0402. The van der Waals surface area contributed by atoms with Gasteiger partial charge in [0.25, 0.3) is 0 Å². The van der Waals surface area contributed by atoms with Crippen LogP contribution in [0.2, 0.25) is 0 Å². The van der Waals surface area contributed by atoms with Crippen LogP contribution in [0.15, 0.2) is 67.0 Å². The number of nitrogens with zero attached hydrogens (tertiary/aromatic N) is 3. The number of methoxy groups -OCH3 is 1. The molecule has 0 aliphatic carbocycles. The minimum atomic E-state index is -0.233. The second-order valence-corrected chi connectivity index (χ2v) is 8.46. The number of aromatic nitrogens is 1. The number of anilines is 3. The first-order valence-electron chi connectivity index (χ1n) is 11.9. The summed E-state index contributed by atoms with van der Waals surface area (Å²) in [7, 11) is 1.66. The van der Waals surface area contributed by atoms with Gasteiger partial charge in [-0.1, -0.05) is 6.07 Å². The molecule has 2 aliphatic heterocycles. The van der Waals surface area contributed by atoms with E-state index in [1.165, 1.54) is 5.69 Å². The Labute approximate surface area is 200 Å². The van der Waals surface area contributed by atoms with Crippen LogP contribution in [0, 0.1) is 0 Å². The predicted molar refractivity (Wildman–Crippen MR) is 132 cm³/mol. The van der Waals surface area contributed by atoms with Crippen LogP contribution in [-0.4, -0.2) is 51.3 Å². The summed E-state index contributed by atoms with van der Waals surface area (Å²) in [6, 6.07) is 18.8. The highest BCUT2D eigenvalue weighted by Crippen LogP contribution is 2.37. The van der Waals surface area contributed by atoms with Gasteiger partial charge in [-0.25, -0.2) is 0 Å². The van der Waals surface area contributed by atoms with Crippen LogP contribution in [0.1, 0.15) is 18.4 Å². The number of hydrogen-bond acceptors (Lipinski definition) is 7. The van der Waals surface area contributed by atoms with Gasteiger partial charge in [0.1, 0.15) is 0 Å². The molecule has 7 nitrogen and oxygen atoms in total. The highest BCUT2D eigenvalue weighted by atomic mass is 16.7. The van der Waals surface area contributed by atoms with E-state index in [-0.39, 0.29) is 6.29 Å². The van der Waals surface area contributed by atoms with Gasteiger partial charge >= 0.3 is 0 Å². The van der Waals surface area contributed by atoms with Gasteiger partial charge in [-0.3, -0.25) is 4.98 Å². The monoisotopic (exact) mass is 461 g/mol. The first-order valence-corrected chi connectivity index (χ1v) is 11.9. The molecule has 0 radical (unpaired) electrons. The molecule has 3 aromatic rings. The molecular formula is C27H31N3O4. The minimum Gasteiger partial charge on any atom is -0.493 e. The van der Waals surface area contributed by atoms with Crippen molar-refractivity contribution in [3.8, 4) is 11.5 Å². The Morgan fingerprint density at radius 2 is 1.82 bits per heavy atom. The zero-order valence-corrected chi connectivity index (χ0v) is 19.6. The normalized spacial score (nSPS) is 18.0. The Bertz CT molecular complexity index is 1050. The van der Waals surface area contributed by atoms with Crippen molar-refractivity contribution in [3.05, 3.63) is 72.6 Å². The summed E-state index contributed by atoms with van der Waals surface area (Å²) in [6.07, 6.45) is 5.36. The minimum absolute atomic E-state index is 0.233. The fourth-order valence-corrected chi connectivity index (χ4v) is 4.38. The fourth-order valence-electron chi connectivity index (χ4n) is 4.38. The zero-order chi connectivity index (χ0) is 23.2. The van der Waals surface area contributed by atoms with Crippen molar-refractivity contribution in [2.24, 2.45) is 0 Å². The van der Waals surface area contributed by atoms with Crippen LogP contribution >= 0.6 is 0 Å². The van der Waals surface area contributed by atoms with Gasteiger partial charge in [-0.05, 0) is 54.4 Å². The molecular weight excluding hydrogens is 430 g/mol. The second kappa shape index (κ2) is 10.8. The molecule has 0 bridgehead atoms. The number of hydrogen-bond donors (Lipinski definition) is 0. The molecule has 2 aromatic carbocycles. The van der Waals surface area contributed by atoms with Gasteiger partial charge in [-0.15, -0.1) is 0 Å².